The number of hydrogen-bond donors (Lipinski definition) is 1. The van der Waals surface area contributed by atoms with Crippen molar-refractivity contribution in [1.82, 2.24) is 0 Å². The fourth-order valence-electron chi connectivity index (χ4n) is 0.705. The standard InChI is InChI=1S/C10H9NO2/c11-8-10(12)13-7-6-9-4-2-1-3-5-9/h1-5H,8,11H2. The second-order valence-corrected chi connectivity index (χ2v) is 2.27. The molecule has 0 heterocycles. The molecule has 0 fully saturated rings. The van der Waals surface area contributed by atoms with E-state index in [1.165, 1.54) is 0 Å². The van der Waals surface area contributed by atoms with Crippen molar-refractivity contribution >= 4 is 5.97 Å². The van der Waals surface area contributed by atoms with Crippen LogP contribution in [-0.2, 0) is 9.53 Å². The Bertz CT molecular complexity index is 335. The Kier molecular flexibility index (Phi) is 3.55. The molecule has 1 rings (SSSR count). The van der Waals surface area contributed by atoms with Gasteiger partial charge in [0.05, 0.1) is 6.54 Å². The Labute approximate surface area is 76.5 Å². The Balaban J connectivity index is 2.54. The fourth-order valence-corrected chi connectivity index (χ4v) is 0.705. The summed E-state index contributed by atoms with van der Waals surface area (Å²) in [7, 11) is 0. The number of benzene rings is 1. The molecule has 0 amide bonds. The predicted molar refractivity (Wildman–Crippen MR) is 48.5 cm³/mol. The molecule has 1 aromatic rings. The average molecular weight is 175 g/mol. The zero-order valence-corrected chi connectivity index (χ0v) is 6.99. The monoisotopic (exact) mass is 175 g/mol. The van der Waals surface area contributed by atoms with Crippen LogP contribution in [0.1, 0.15) is 5.56 Å². The van der Waals surface area contributed by atoms with Gasteiger partial charge in [-0.1, -0.05) is 18.2 Å². The molecule has 13 heavy (non-hydrogen) atoms. The quantitative estimate of drug-likeness (QED) is 0.499. The molecule has 0 aliphatic rings. The van der Waals surface area contributed by atoms with Gasteiger partial charge in [-0.15, -0.1) is 0 Å². The van der Waals surface area contributed by atoms with Crippen LogP contribution >= 0.6 is 0 Å². The number of ether oxygens (including phenoxy) is 1. The summed E-state index contributed by atoms with van der Waals surface area (Å²) in [6.45, 7) is -0.149. The van der Waals surface area contributed by atoms with E-state index in [0.29, 0.717) is 0 Å². The number of rotatable bonds is 1. The Morgan fingerprint density at radius 3 is 2.69 bits per heavy atom. The topological polar surface area (TPSA) is 52.3 Å². The molecule has 66 valence electrons. The van der Waals surface area contributed by atoms with Gasteiger partial charge in [-0.2, -0.15) is 0 Å². The van der Waals surface area contributed by atoms with Crippen molar-refractivity contribution in [2.24, 2.45) is 5.73 Å². The molecular weight excluding hydrogens is 166 g/mol. The first-order chi connectivity index (χ1) is 6.33. The lowest BCUT2D eigenvalue weighted by Crippen LogP contribution is -2.14. The molecule has 0 saturated carbocycles. The van der Waals surface area contributed by atoms with E-state index in [0.717, 1.165) is 5.56 Å². The van der Waals surface area contributed by atoms with Crippen molar-refractivity contribution in [3.63, 3.8) is 0 Å². The number of esters is 1. The zero-order chi connectivity index (χ0) is 9.52. The van der Waals surface area contributed by atoms with E-state index in [4.69, 9.17) is 5.73 Å². The molecule has 0 unspecified atom stereocenters. The predicted octanol–water partition coefficient (Wildman–Crippen LogP) is 0.497. The first-order valence-electron chi connectivity index (χ1n) is 3.78. The minimum absolute atomic E-state index is 0.149. The molecule has 0 aliphatic carbocycles. The number of carbonyl (C=O) groups is 1. The van der Waals surface area contributed by atoms with E-state index >= 15 is 0 Å². The van der Waals surface area contributed by atoms with Crippen LogP contribution in [-0.4, -0.2) is 12.5 Å². The first kappa shape index (κ1) is 9.30. The van der Waals surface area contributed by atoms with Gasteiger partial charge < -0.3 is 10.5 Å². The van der Waals surface area contributed by atoms with Gasteiger partial charge in [-0.25, -0.2) is 4.79 Å². The van der Waals surface area contributed by atoms with Crippen molar-refractivity contribution < 1.29 is 9.53 Å². The molecule has 0 radical (unpaired) electrons. The average Bonchev–Trinajstić information content (AvgIpc) is 2.19. The van der Waals surface area contributed by atoms with Gasteiger partial charge in [0.25, 0.3) is 0 Å². The molecule has 0 spiro atoms. The molecule has 0 bridgehead atoms. The zero-order valence-electron chi connectivity index (χ0n) is 6.99. The highest BCUT2D eigenvalue weighted by Crippen LogP contribution is 1.94. The number of nitrogens with two attached hydrogens (primary N) is 1. The SMILES string of the molecule is NCC(=O)OC#Cc1ccccc1. The fraction of sp³-hybridized carbons (Fsp3) is 0.100. The maximum absolute atomic E-state index is 10.6. The molecular formula is C10H9NO2. The summed E-state index contributed by atoms with van der Waals surface area (Å²) < 4.78 is 4.47. The van der Waals surface area contributed by atoms with Gasteiger partial charge in [-0.05, 0) is 18.1 Å². The molecule has 3 heteroatoms. The second kappa shape index (κ2) is 4.96. The highest BCUT2D eigenvalue weighted by molar-refractivity contribution is 5.72. The third kappa shape index (κ3) is 3.41. The van der Waals surface area contributed by atoms with Crippen LogP contribution in [0.3, 0.4) is 0 Å². The highest BCUT2D eigenvalue weighted by atomic mass is 16.5. The number of hydrogen-bond acceptors (Lipinski definition) is 3. The van der Waals surface area contributed by atoms with Crippen LogP contribution < -0.4 is 5.73 Å². The van der Waals surface area contributed by atoms with E-state index in [2.05, 4.69) is 16.8 Å². The minimum atomic E-state index is -0.525. The maximum atomic E-state index is 10.6. The summed E-state index contributed by atoms with van der Waals surface area (Å²) in [4.78, 5) is 10.6. The smallest absolute Gasteiger partial charge is 0.333 e. The van der Waals surface area contributed by atoms with E-state index in [-0.39, 0.29) is 6.54 Å². The van der Waals surface area contributed by atoms with E-state index < -0.39 is 5.97 Å². The van der Waals surface area contributed by atoms with Crippen molar-refractivity contribution in [3.05, 3.63) is 35.9 Å². The highest BCUT2D eigenvalue weighted by Gasteiger charge is 1.92. The minimum Gasteiger partial charge on any atom is -0.371 e. The lowest BCUT2D eigenvalue weighted by atomic mass is 10.2. The molecule has 0 atom stereocenters. The molecule has 0 saturated heterocycles. The molecule has 1 aromatic carbocycles. The summed E-state index contributed by atoms with van der Waals surface area (Å²) in [5, 5.41) is 0. The van der Waals surface area contributed by atoms with Gasteiger partial charge >= 0.3 is 5.97 Å². The molecule has 2 N–H and O–H groups in total. The van der Waals surface area contributed by atoms with Crippen molar-refractivity contribution in [1.29, 1.82) is 0 Å². The van der Waals surface area contributed by atoms with E-state index in [1.54, 1.807) is 0 Å². The Morgan fingerprint density at radius 1 is 1.38 bits per heavy atom. The molecule has 3 nitrogen and oxygen atoms in total. The van der Waals surface area contributed by atoms with Crippen LogP contribution in [0.15, 0.2) is 30.3 Å². The van der Waals surface area contributed by atoms with Gasteiger partial charge in [0.2, 0.25) is 0 Å². The lowest BCUT2D eigenvalue weighted by Gasteiger charge is -1.89. The molecule has 0 aliphatic heterocycles. The van der Waals surface area contributed by atoms with Crippen LogP contribution in [0, 0.1) is 12.0 Å². The van der Waals surface area contributed by atoms with Crippen LogP contribution in [0.5, 0.6) is 0 Å². The third-order valence-corrected chi connectivity index (χ3v) is 1.30. The molecule has 0 aromatic heterocycles. The lowest BCUT2D eigenvalue weighted by molar-refractivity contribution is -0.135. The van der Waals surface area contributed by atoms with Gasteiger partial charge in [0, 0.05) is 5.56 Å². The Hall–Kier alpha value is -1.79. The Morgan fingerprint density at radius 2 is 2.08 bits per heavy atom. The van der Waals surface area contributed by atoms with Gasteiger partial charge in [-0.3, -0.25) is 0 Å². The summed E-state index contributed by atoms with van der Waals surface area (Å²) in [6.07, 6.45) is 2.27. The third-order valence-electron chi connectivity index (χ3n) is 1.30. The number of carbonyl (C=O) groups excluding carboxylic acids is 1. The first-order valence-corrected chi connectivity index (χ1v) is 3.78. The summed E-state index contributed by atoms with van der Waals surface area (Å²) >= 11 is 0. The van der Waals surface area contributed by atoms with Crippen molar-refractivity contribution in [2.45, 2.75) is 0 Å². The van der Waals surface area contributed by atoms with E-state index in [1.807, 2.05) is 30.3 Å². The van der Waals surface area contributed by atoms with Gasteiger partial charge in [0.1, 0.15) is 6.11 Å². The van der Waals surface area contributed by atoms with Crippen molar-refractivity contribution in [3.8, 4) is 12.0 Å². The summed E-state index contributed by atoms with van der Waals surface area (Å²) in [5.41, 5.74) is 5.81. The van der Waals surface area contributed by atoms with Crippen LogP contribution in [0.4, 0.5) is 0 Å². The summed E-state index contributed by atoms with van der Waals surface area (Å²) in [6, 6.07) is 9.24. The normalized spacial score (nSPS) is 8.38. The van der Waals surface area contributed by atoms with Crippen molar-refractivity contribution in [2.75, 3.05) is 6.54 Å². The maximum Gasteiger partial charge on any atom is 0.333 e. The van der Waals surface area contributed by atoms with Gasteiger partial charge in [0.15, 0.2) is 0 Å². The summed E-state index contributed by atoms with van der Waals surface area (Å²) in [5.74, 6) is 2.14. The van der Waals surface area contributed by atoms with E-state index in [9.17, 15) is 4.79 Å². The van der Waals surface area contributed by atoms with Crippen LogP contribution in [0.2, 0.25) is 0 Å². The second-order valence-electron chi connectivity index (χ2n) is 2.27. The largest absolute Gasteiger partial charge is 0.371 e. The van der Waals surface area contributed by atoms with Crippen LogP contribution in [0.25, 0.3) is 0 Å².